The Morgan fingerprint density at radius 1 is 0.884 bits per heavy atom. The molecule has 5 atom stereocenters. The van der Waals surface area contributed by atoms with E-state index in [-0.39, 0.29) is 30.9 Å². The molecule has 226 valence electrons. The van der Waals surface area contributed by atoms with Gasteiger partial charge < -0.3 is 29.4 Å². The monoisotopic (exact) mass is 584 g/mol. The van der Waals surface area contributed by atoms with Crippen LogP contribution < -0.4 is 9.80 Å². The molecule has 0 aliphatic carbocycles. The van der Waals surface area contributed by atoms with E-state index in [1.54, 1.807) is 9.80 Å². The molecule has 1 N–H and O–H groups in total. The van der Waals surface area contributed by atoms with Gasteiger partial charge >= 0.3 is 0 Å². The van der Waals surface area contributed by atoms with Gasteiger partial charge in [0.15, 0.2) is 0 Å². The first-order valence-electron chi connectivity index (χ1n) is 15.2. The molecule has 4 aliphatic rings. The lowest BCUT2D eigenvalue weighted by atomic mass is 9.74. The summed E-state index contributed by atoms with van der Waals surface area (Å²) in [5.41, 5.74) is 0.335. The second-order valence-corrected chi connectivity index (χ2v) is 11.9. The summed E-state index contributed by atoms with van der Waals surface area (Å²) in [6.07, 6.45) is 7.53. The molecule has 1 spiro atoms. The lowest BCUT2D eigenvalue weighted by Crippen LogP contribution is -2.56. The Bertz CT molecular complexity index is 1440. The zero-order valence-corrected chi connectivity index (χ0v) is 25.1. The van der Waals surface area contributed by atoms with E-state index in [2.05, 4.69) is 18.7 Å². The predicted octanol–water partition coefficient (Wildman–Crippen LogP) is 3.00. The van der Waals surface area contributed by atoms with Crippen molar-refractivity contribution in [1.29, 1.82) is 0 Å². The predicted molar refractivity (Wildman–Crippen MR) is 164 cm³/mol. The van der Waals surface area contributed by atoms with Crippen molar-refractivity contribution in [2.24, 2.45) is 11.8 Å². The Kier molecular flexibility index (Phi) is 7.64. The van der Waals surface area contributed by atoms with Crippen LogP contribution in [0.15, 0.2) is 78.9 Å². The van der Waals surface area contributed by atoms with Gasteiger partial charge in [-0.15, -0.1) is 0 Å². The van der Waals surface area contributed by atoms with E-state index >= 15 is 0 Å². The third kappa shape index (κ3) is 4.66. The van der Waals surface area contributed by atoms with E-state index in [0.717, 1.165) is 24.3 Å². The Labute approximate surface area is 253 Å². The van der Waals surface area contributed by atoms with Crippen LogP contribution in [0.4, 0.5) is 11.4 Å². The highest BCUT2D eigenvalue weighted by molar-refractivity contribution is 6.06. The lowest BCUT2D eigenvalue weighted by Gasteiger charge is -2.37. The summed E-state index contributed by atoms with van der Waals surface area (Å²) in [5, 5.41) is 9.98. The van der Waals surface area contributed by atoms with E-state index in [1.165, 1.54) is 4.90 Å². The molecular formula is C34H40N4O5. The minimum atomic E-state index is -1.35. The molecule has 0 aromatic heterocycles. The number of aliphatic hydroxyl groups excluding tert-OH is 1. The molecule has 6 rings (SSSR count). The molecule has 0 radical (unpaired) electrons. The number of amides is 3. The molecule has 9 heteroatoms. The Balaban J connectivity index is 1.38. The van der Waals surface area contributed by atoms with Crippen LogP contribution in [0.3, 0.4) is 0 Å². The summed E-state index contributed by atoms with van der Waals surface area (Å²) in [4.78, 5) is 50.2. The molecular weight excluding hydrogens is 544 g/mol. The number of carbonyl (C=O) groups is 3. The van der Waals surface area contributed by atoms with Crippen LogP contribution in [0.2, 0.25) is 0 Å². The largest absolute Gasteiger partial charge is 0.395 e. The molecule has 2 fully saturated rings. The van der Waals surface area contributed by atoms with Crippen molar-refractivity contribution < 1.29 is 24.2 Å². The number of hydrogen-bond acceptors (Lipinski definition) is 6. The van der Waals surface area contributed by atoms with Crippen molar-refractivity contribution in [1.82, 2.24) is 9.80 Å². The van der Waals surface area contributed by atoms with Gasteiger partial charge in [0.1, 0.15) is 11.6 Å². The molecule has 2 saturated heterocycles. The quantitative estimate of drug-likeness (QED) is 0.480. The van der Waals surface area contributed by atoms with E-state index in [4.69, 9.17) is 4.74 Å². The van der Waals surface area contributed by atoms with Crippen molar-refractivity contribution in [3.63, 3.8) is 0 Å². The second-order valence-electron chi connectivity index (χ2n) is 11.9. The number of ether oxygens (including phenoxy) is 1. The Hall–Kier alpha value is -3.95. The molecule has 4 aliphatic heterocycles. The zero-order chi connectivity index (χ0) is 30.4. The van der Waals surface area contributed by atoms with Gasteiger partial charge in [0.05, 0.1) is 24.0 Å². The van der Waals surface area contributed by atoms with Gasteiger partial charge in [-0.2, -0.15) is 0 Å². The number of rotatable bonds is 8. The SMILES string of the molecule is CCN(CC)c1ccc(N2CC=C[C@]34O[C@]5(C)C=CCN(Cc6ccccc6)C(=O)[C@@H]5[C@H]3C(=O)N(CCO)C4C2=O)cc1. The molecule has 0 saturated carbocycles. The molecule has 2 aromatic carbocycles. The van der Waals surface area contributed by atoms with Gasteiger partial charge in [0.25, 0.3) is 5.91 Å². The number of nitrogens with zero attached hydrogens (tertiary/aromatic N) is 4. The molecule has 4 heterocycles. The van der Waals surface area contributed by atoms with Gasteiger partial charge in [-0.3, -0.25) is 14.4 Å². The summed E-state index contributed by atoms with van der Waals surface area (Å²) < 4.78 is 6.86. The Morgan fingerprint density at radius 2 is 1.58 bits per heavy atom. The maximum Gasteiger partial charge on any atom is 0.253 e. The third-order valence-corrected chi connectivity index (χ3v) is 9.49. The smallest absolute Gasteiger partial charge is 0.253 e. The number of likely N-dealkylation sites (tertiary alicyclic amines) is 1. The van der Waals surface area contributed by atoms with Gasteiger partial charge in [-0.05, 0) is 50.6 Å². The minimum absolute atomic E-state index is 0.0272. The zero-order valence-electron chi connectivity index (χ0n) is 25.1. The van der Waals surface area contributed by atoms with Crippen LogP contribution in [-0.2, 0) is 25.7 Å². The van der Waals surface area contributed by atoms with E-state index < -0.39 is 29.1 Å². The molecule has 2 aromatic rings. The highest BCUT2D eigenvalue weighted by atomic mass is 16.5. The van der Waals surface area contributed by atoms with E-state index in [9.17, 15) is 19.5 Å². The number of aliphatic hydroxyl groups is 1. The van der Waals surface area contributed by atoms with Crippen molar-refractivity contribution in [2.75, 3.05) is 49.1 Å². The van der Waals surface area contributed by atoms with Crippen molar-refractivity contribution in [3.05, 3.63) is 84.5 Å². The van der Waals surface area contributed by atoms with Crippen LogP contribution in [-0.4, -0.2) is 89.2 Å². The molecule has 43 heavy (non-hydrogen) atoms. The van der Waals surface area contributed by atoms with Crippen molar-refractivity contribution in [2.45, 2.75) is 44.6 Å². The number of anilines is 2. The summed E-state index contributed by atoms with van der Waals surface area (Å²) in [6, 6.07) is 16.6. The summed E-state index contributed by atoms with van der Waals surface area (Å²) >= 11 is 0. The average molecular weight is 585 g/mol. The fourth-order valence-corrected chi connectivity index (χ4v) is 7.53. The summed E-state index contributed by atoms with van der Waals surface area (Å²) in [6.45, 7) is 8.56. The summed E-state index contributed by atoms with van der Waals surface area (Å²) in [7, 11) is 0. The number of carbonyl (C=O) groups excluding carboxylic acids is 3. The van der Waals surface area contributed by atoms with Gasteiger partial charge in [-0.1, -0.05) is 54.6 Å². The average Bonchev–Trinajstić information content (AvgIpc) is 3.27. The van der Waals surface area contributed by atoms with E-state index in [1.807, 2.05) is 85.8 Å². The standard InChI is InChI=1S/C34H40N4O5/c1-4-35(5-2)25-13-15-26(16-14-25)37-20-10-18-34-28(31(41)38(21-22-39)29(34)32(37)42)27-30(40)36(19-9-17-33(27,3)43-34)23-24-11-7-6-8-12-24/h6-18,27-29,39H,4-5,19-23H2,1-3H3/t27-,28-,29?,33+,34-/m0/s1. The topological polar surface area (TPSA) is 93.6 Å². The second kappa shape index (κ2) is 11.3. The fourth-order valence-electron chi connectivity index (χ4n) is 7.53. The van der Waals surface area contributed by atoms with E-state index in [0.29, 0.717) is 25.3 Å². The fraction of sp³-hybridized carbons (Fsp3) is 0.441. The number of benzene rings is 2. The first-order valence-corrected chi connectivity index (χ1v) is 15.2. The normalized spacial score (nSPS) is 29.8. The lowest BCUT2D eigenvalue weighted by molar-refractivity contribution is -0.149. The molecule has 9 nitrogen and oxygen atoms in total. The highest BCUT2D eigenvalue weighted by Gasteiger charge is 2.74. The Morgan fingerprint density at radius 3 is 2.26 bits per heavy atom. The number of β-amino-alcohol motifs (C(OH)–C–C–N with tert-alkyl or cyclic N) is 1. The summed E-state index contributed by atoms with van der Waals surface area (Å²) in [5.74, 6) is -2.54. The number of hydrogen-bond donors (Lipinski definition) is 1. The van der Waals surface area contributed by atoms with Crippen LogP contribution in [0, 0.1) is 11.8 Å². The number of fused-ring (bicyclic) bond motifs is 2. The van der Waals surface area contributed by atoms with Crippen LogP contribution in [0.5, 0.6) is 0 Å². The van der Waals surface area contributed by atoms with Crippen LogP contribution in [0.1, 0.15) is 26.3 Å². The van der Waals surface area contributed by atoms with Gasteiger partial charge in [-0.25, -0.2) is 0 Å². The van der Waals surface area contributed by atoms with Crippen molar-refractivity contribution >= 4 is 29.1 Å². The minimum Gasteiger partial charge on any atom is -0.395 e. The maximum atomic E-state index is 14.5. The van der Waals surface area contributed by atoms with Crippen molar-refractivity contribution in [3.8, 4) is 0 Å². The molecule has 3 amide bonds. The molecule has 1 unspecified atom stereocenters. The first kappa shape index (κ1) is 29.1. The highest BCUT2D eigenvalue weighted by Crippen LogP contribution is 2.57. The van der Waals surface area contributed by atoms with Crippen LogP contribution in [0.25, 0.3) is 0 Å². The van der Waals surface area contributed by atoms with Crippen LogP contribution >= 0.6 is 0 Å². The van der Waals surface area contributed by atoms with Gasteiger partial charge in [0, 0.05) is 50.6 Å². The third-order valence-electron chi connectivity index (χ3n) is 9.49. The maximum absolute atomic E-state index is 14.5. The molecule has 0 bridgehead atoms. The van der Waals surface area contributed by atoms with Gasteiger partial charge in [0.2, 0.25) is 11.8 Å². The first-order chi connectivity index (χ1) is 20.8.